The van der Waals surface area contributed by atoms with E-state index in [1.165, 1.54) is 38.8 Å². The van der Waals surface area contributed by atoms with E-state index in [-0.39, 0.29) is 16.2 Å². The smallest absolute Gasteiger partial charge is 0.269 e. The van der Waals surface area contributed by atoms with Crippen molar-refractivity contribution in [3.8, 4) is 39.8 Å². The SMILES string of the molecule is CC(C)(C)c1ccnc(-n2c3ccc(C(C)(C)C)cc3c3ccc(Oc4cccc(-n5[c-][n+](-c6cc(-c7ccccc7)cc(C(C)(C)c7ccccc7)c6)c(C(C)(C)c6ccccc6)c5)c4)cc32)c1. The monoisotopic (exact) mass is 902 g/mol. The predicted octanol–water partition coefficient (Wildman–Crippen LogP) is 15.8. The number of benzene rings is 7. The van der Waals surface area contributed by atoms with Crippen LogP contribution in [0.4, 0.5) is 0 Å². The lowest BCUT2D eigenvalue weighted by molar-refractivity contribution is -0.611. The number of rotatable bonds is 10. The highest BCUT2D eigenvalue weighted by molar-refractivity contribution is 6.09. The zero-order valence-corrected chi connectivity index (χ0v) is 41.7. The molecule has 69 heavy (non-hydrogen) atoms. The van der Waals surface area contributed by atoms with Crippen LogP contribution in [0.3, 0.4) is 0 Å². The molecule has 3 heterocycles. The number of imidazole rings is 1. The van der Waals surface area contributed by atoms with Gasteiger partial charge in [0, 0.05) is 40.1 Å². The molecule has 5 nitrogen and oxygen atoms in total. The highest BCUT2D eigenvalue weighted by Crippen LogP contribution is 2.40. The van der Waals surface area contributed by atoms with Crippen molar-refractivity contribution in [3.63, 3.8) is 0 Å². The van der Waals surface area contributed by atoms with E-state index in [0.717, 1.165) is 56.4 Å². The molecule has 0 aliphatic heterocycles. The van der Waals surface area contributed by atoms with Gasteiger partial charge in [0.15, 0.2) is 0 Å². The minimum absolute atomic E-state index is 0.00396. The highest BCUT2D eigenvalue weighted by Gasteiger charge is 2.31. The second kappa shape index (κ2) is 17.2. The number of hydrogen-bond donors (Lipinski definition) is 0. The number of fused-ring (bicyclic) bond motifs is 3. The van der Waals surface area contributed by atoms with Crippen LogP contribution in [0, 0.1) is 6.33 Å². The van der Waals surface area contributed by atoms with Crippen LogP contribution in [-0.4, -0.2) is 14.1 Å². The van der Waals surface area contributed by atoms with Crippen molar-refractivity contribution in [1.82, 2.24) is 14.1 Å². The van der Waals surface area contributed by atoms with Crippen LogP contribution in [0.1, 0.15) is 103 Å². The van der Waals surface area contributed by atoms with Crippen molar-refractivity contribution >= 4 is 21.8 Å². The molecule has 0 amide bonds. The number of aromatic nitrogens is 4. The first kappa shape index (κ1) is 45.3. The van der Waals surface area contributed by atoms with Gasteiger partial charge in [0.2, 0.25) is 0 Å². The molecule has 0 spiro atoms. The van der Waals surface area contributed by atoms with E-state index in [2.05, 4.69) is 271 Å². The zero-order valence-electron chi connectivity index (χ0n) is 41.7. The van der Waals surface area contributed by atoms with Crippen molar-refractivity contribution in [2.75, 3.05) is 0 Å². The van der Waals surface area contributed by atoms with E-state index in [4.69, 9.17) is 9.72 Å². The third-order valence-corrected chi connectivity index (χ3v) is 14.1. The maximum Gasteiger partial charge on any atom is 0.269 e. The summed E-state index contributed by atoms with van der Waals surface area (Å²) in [7, 11) is 0. The third-order valence-electron chi connectivity index (χ3n) is 14.1. The van der Waals surface area contributed by atoms with Crippen LogP contribution in [0.2, 0.25) is 0 Å². The molecular weight excluding hydrogens is 841 g/mol. The second-order valence-electron chi connectivity index (χ2n) is 21.7. The van der Waals surface area contributed by atoms with Crippen LogP contribution < -0.4 is 9.30 Å². The first-order chi connectivity index (χ1) is 32.9. The lowest BCUT2D eigenvalue weighted by Gasteiger charge is -2.29. The fraction of sp³-hybridized carbons (Fsp3) is 0.219. The summed E-state index contributed by atoms with van der Waals surface area (Å²) in [5.74, 6) is 2.36. The average molecular weight is 903 g/mol. The van der Waals surface area contributed by atoms with E-state index in [1.807, 2.05) is 12.3 Å². The van der Waals surface area contributed by atoms with E-state index in [0.29, 0.717) is 0 Å². The standard InChI is InChI=1S/C64H62N4O/c1-61(2,3)48-29-32-57-56(38-48)55-31-30-54(41-58(55)68(57)60-39-49(33-34-65-60)62(4,5)6)69-53-28-20-27-51(40-53)66-42-59(64(9,10)47-25-18-13-19-26-47)67(43-66)52-36-45(44-21-14-11-15-22-44)35-50(37-52)63(7,8)46-23-16-12-17-24-46/h11-42H,1-10H3. The van der Waals surface area contributed by atoms with Crippen LogP contribution in [0.5, 0.6) is 11.5 Å². The fourth-order valence-corrected chi connectivity index (χ4v) is 9.68. The van der Waals surface area contributed by atoms with Gasteiger partial charge in [-0.2, -0.15) is 0 Å². The van der Waals surface area contributed by atoms with Gasteiger partial charge < -0.3 is 4.74 Å². The molecule has 7 aromatic carbocycles. The molecule has 10 rings (SSSR count). The van der Waals surface area contributed by atoms with Crippen molar-refractivity contribution in [2.45, 2.75) is 90.9 Å². The summed E-state index contributed by atoms with van der Waals surface area (Å²) in [6, 6.07) is 65.2. The molecule has 0 atom stereocenters. The van der Waals surface area contributed by atoms with Crippen LogP contribution in [0.25, 0.3) is 50.1 Å². The molecule has 3 aromatic heterocycles. The summed E-state index contributed by atoms with van der Waals surface area (Å²) in [6.45, 7) is 22.8. The Morgan fingerprint density at radius 1 is 0.464 bits per heavy atom. The Hall–Kier alpha value is -7.50. The Kier molecular flexibility index (Phi) is 11.3. The van der Waals surface area contributed by atoms with Gasteiger partial charge in [0.05, 0.1) is 28.1 Å². The molecule has 0 bridgehead atoms. The summed E-state index contributed by atoms with van der Waals surface area (Å²) in [4.78, 5) is 4.96. The van der Waals surface area contributed by atoms with Gasteiger partial charge in [-0.3, -0.25) is 13.7 Å². The van der Waals surface area contributed by atoms with E-state index in [1.54, 1.807) is 0 Å². The minimum atomic E-state index is -0.391. The fourth-order valence-electron chi connectivity index (χ4n) is 9.68. The minimum Gasteiger partial charge on any atom is -0.458 e. The Morgan fingerprint density at radius 2 is 1.10 bits per heavy atom. The number of hydrogen-bond acceptors (Lipinski definition) is 2. The van der Waals surface area contributed by atoms with Crippen LogP contribution >= 0.6 is 0 Å². The molecule has 0 N–H and O–H groups in total. The topological polar surface area (TPSA) is 35.9 Å². The van der Waals surface area contributed by atoms with Gasteiger partial charge in [-0.05, 0) is 117 Å². The highest BCUT2D eigenvalue weighted by atomic mass is 16.5. The lowest BCUT2D eigenvalue weighted by Crippen LogP contribution is -2.41. The number of pyridine rings is 1. The molecule has 0 unspecified atom stereocenters. The van der Waals surface area contributed by atoms with Gasteiger partial charge >= 0.3 is 0 Å². The Balaban J connectivity index is 1.09. The van der Waals surface area contributed by atoms with E-state index in [9.17, 15) is 0 Å². The van der Waals surface area contributed by atoms with E-state index < -0.39 is 5.41 Å². The third kappa shape index (κ3) is 8.67. The predicted molar refractivity (Wildman–Crippen MR) is 285 cm³/mol. The lowest BCUT2D eigenvalue weighted by atomic mass is 9.77. The molecular formula is C64H62N4O. The summed E-state index contributed by atoms with van der Waals surface area (Å²) >= 11 is 0. The second-order valence-corrected chi connectivity index (χ2v) is 21.7. The molecule has 0 saturated carbocycles. The summed E-state index contributed by atoms with van der Waals surface area (Å²) in [5.41, 5.74) is 13.1. The summed E-state index contributed by atoms with van der Waals surface area (Å²) < 4.78 is 13.5. The Morgan fingerprint density at radius 3 is 1.78 bits per heavy atom. The number of ether oxygens (including phenoxy) is 1. The molecule has 5 heteroatoms. The first-order valence-corrected chi connectivity index (χ1v) is 24.2. The number of nitrogens with zero attached hydrogens (tertiary/aromatic N) is 4. The average Bonchev–Trinajstić information content (AvgIpc) is 3.95. The molecule has 10 aromatic rings. The van der Waals surface area contributed by atoms with Crippen molar-refractivity contribution in [1.29, 1.82) is 0 Å². The van der Waals surface area contributed by atoms with Crippen molar-refractivity contribution in [2.24, 2.45) is 0 Å². The van der Waals surface area contributed by atoms with Gasteiger partial charge in [-0.25, -0.2) is 4.98 Å². The summed E-state index contributed by atoms with van der Waals surface area (Å²) in [6.07, 6.45) is 8.01. The Labute approximate surface area is 408 Å². The summed E-state index contributed by atoms with van der Waals surface area (Å²) in [5, 5.41) is 2.36. The largest absolute Gasteiger partial charge is 0.458 e. The van der Waals surface area contributed by atoms with Crippen LogP contribution in [0.15, 0.2) is 194 Å². The molecule has 0 saturated heterocycles. The molecule has 0 aliphatic carbocycles. The molecule has 0 aliphatic rings. The normalized spacial score (nSPS) is 12.5. The first-order valence-electron chi connectivity index (χ1n) is 24.2. The molecule has 344 valence electrons. The molecule has 0 fully saturated rings. The van der Waals surface area contributed by atoms with Gasteiger partial charge in [0.1, 0.15) is 17.3 Å². The maximum atomic E-state index is 6.84. The quantitative estimate of drug-likeness (QED) is 0.101. The van der Waals surface area contributed by atoms with Crippen molar-refractivity contribution < 1.29 is 9.30 Å². The van der Waals surface area contributed by atoms with E-state index >= 15 is 0 Å². The Bertz CT molecular complexity index is 3470. The maximum absolute atomic E-state index is 6.84. The van der Waals surface area contributed by atoms with Crippen molar-refractivity contribution in [3.05, 3.63) is 234 Å². The van der Waals surface area contributed by atoms with Gasteiger partial charge in [-0.15, -0.1) is 0 Å². The molecule has 0 radical (unpaired) electrons. The van der Waals surface area contributed by atoms with Crippen LogP contribution in [-0.2, 0) is 21.7 Å². The van der Waals surface area contributed by atoms with Gasteiger partial charge in [-0.1, -0.05) is 178 Å². The zero-order chi connectivity index (χ0) is 48.3. The van der Waals surface area contributed by atoms with Gasteiger partial charge in [0.25, 0.3) is 6.33 Å².